The van der Waals surface area contributed by atoms with E-state index in [4.69, 9.17) is 34.3 Å². The lowest BCUT2D eigenvalue weighted by Crippen LogP contribution is -2.37. The topological polar surface area (TPSA) is 137 Å². The Hall–Kier alpha value is -3.77. The number of nitrogen functional groups attached to an aromatic ring is 1. The van der Waals surface area contributed by atoms with Gasteiger partial charge in [-0.3, -0.25) is 15.0 Å². The van der Waals surface area contributed by atoms with Crippen LogP contribution in [0, 0.1) is 5.41 Å². The van der Waals surface area contributed by atoms with Crippen molar-refractivity contribution < 1.29 is 23.1 Å². The second kappa shape index (κ2) is 10.5. The number of aromatic nitrogens is 2. The van der Waals surface area contributed by atoms with Crippen LogP contribution in [0.5, 0.6) is 5.75 Å². The number of anilines is 1. The van der Waals surface area contributed by atoms with Gasteiger partial charge in [-0.05, 0) is 35.7 Å². The lowest BCUT2D eigenvalue weighted by molar-refractivity contribution is -0.141. The van der Waals surface area contributed by atoms with E-state index in [2.05, 4.69) is 10.3 Å². The minimum atomic E-state index is -4.56. The number of nitrogens with zero attached hydrogens (tertiary/aromatic N) is 3. The Bertz CT molecular complexity index is 1480. The van der Waals surface area contributed by atoms with Crippen LogP contribution >= 0.6 is 23.2 Å². The average molecular weight is 569 g/mol. The lowest BCUT2D eigenvalue weighted by Gasteiger charge is -2.20. The molecule has 0 saturated carbocycles. The molecule has 1 saturated heterocycles. The quantitative estimate of drug-likeness (QED) is 0.264. The van der Waals surface area contributed by atoms with Crippen LogP contribution in [0.25, 0.3) is 11.1 Å². The van der Waals surface area contributed by atoms with Crippen LogP contribution in [0.15, 0.2) is 47.5 Å². The van der Waals surface area contributed by atoms with Gasteiger partial charge in [0.1, 0.15) is 12.4 Å². The number of halogens is 5. The Balaban J connectivity index is 1.47. The molecule has 2 aromatic heterocycles. The monoisotopic (exact) mass is 568 g/mol. The van der Waals surface area contributed by atoms with Gasteiger partial charge in [0.05, 0.1) is 21.2 Å². The molecule has 5 N–H and O–H groups in total. The van der Waals surface area contributed by atoms with E-state index < -0.39 is 30.0 Å². The molecule has 0 aliphatic carbocycles. The molecule has 200 valence electrons. The number of carbonyl (C=O) groups is 1. The molecule has 38 heavy (non-hydrogen) atoms. The fraction of sp³-hybridized carbons (Fsp3) is 0.250. The van der Waals surface area contributed by atoms with Gasteiger partial charge in [-0.15, -0.1) is 0 Å². The van der Waals surface area contributed by atoms with Crippen molar-refractivity contribution in [2.75, 3.05) is 18.0 Å². The first kappa shape index (κ1) is 27.3. The summed E-state index contributed by atoms with van der Waals surface area (Å²) in [7, 11) is 0. The van der Waals surface area contributed by atoms with Gasteiger partial charge in [-0.2, -0.15) is 13.2 Å². The lowest BCUT2D eigenvalue weighted by atomic mass is 10.0. The number of rotatable bonds is 6. The molecule has 9 nitrogen and oxygen atoms in total. The number of nitrogens with two attached hydrogens (primary N) is 1. The fourth-order valence-corrected chi connectivity index (χ4v) is 4.69. The summed E-state index contributed by atoms with van der Waals surface area (Å²) in [6.07, 6.45) is -1.65. The maximum absolute atomic E-state index is 12.9. The molecule has 0 bridgehead atoms. The van der Waals surface area contributed by atoms with Gasteiger partial charge in [0.2, 0.25) is 0 Å². The number of amidine groups is 1. The van der Waals surface area contributed by atoms with Gasteiger partial charge >= 0.3 is 6.18 Å². The van der Waals surface area contributed by atoms with Crippen molar-refractivity contribution >= 4 is 40.8 Å². The zero-order valence-corrected chi connectivity index (χ0v) is 21.0. The summed E-state index contributed by atoms with van der Waals surface area (Å²) in [5, 5.41) is 21.1. The van der Waals surface area contributed by atoms with Crippen molar-refractivity contribution in [1.29, 1.82) is 5.41 Å². The highest BCUT2D eigenvalue weighted by Crippen LogP contribution is 2.35. The molecule has 0 radical (unpaired) electrons. The van der Waals surface area contributed by atoms with Crippen LogP contribution < -0.4 is 21.5 Å². The highest BCUT2D eigenvalue weighted by atomic mass is 35.5. The Morgan fingerprint density at radius 3 is 2.58 bits per heavy atom. The fourth-order valence-electron chi connectivity index (χ4n) is 4.19. The highest BCUT2D eigenvalue weighted by Gasteiger charge is 2.30. The summed E-state index contributed by atoms with van der Waals surface area (Å²) in [6, 6.07) is 6.51. The smallest absolute Gasteiger partial charge is 0.406 e. The SMILES string of the molecule is N=C(N)c1c(Cl)cnc(N2CC[C@@H](NC(=O)c3ccc(-c4ccc(=O)n(CC(F)(F)F)c4)cc3Cl)C2)c1O. The number of amides is 1. The molecule has 0 spiro atoms. The summed E-state index contributed by atoms with van der Waals surface area (Å²) in [4.78, 5) is 30.6. The van der Waals surface area contributed by atoms with E-state index in [1.807, 2.05) is 0 Å². The number of alkyl halides is 3. The number of hydrogen-bond donors (Lipinski definition) is 4. The largest absolute Gasteiger partial charge is 0.504 e. The van der Waals surface area contributed by atoms with E-state index in [1.54, 1.807) is 4.90 Å². The molecular weight excluding hydrogens is 548 g/mol. The van der Waals surface area contributed by atoms with Gasteiger partial charge < -0.3 is 25.6 Å². The first-order valence-corrected chi connectivity index (χ1v) is 11.9. The van der Waals surface area contributed by atoms with Crippen LogP contribution in [-0.2, 0) is 6.54 Å². The first-order valence-electron chi connectivity index (χ1n) is 11.2. The molecule has 0 unspecified atom stereocenters. The van der Waals surface area contributed by atoms with Crippen molar-refractivity contribution in [3.8, 4) is 16.9 Å². The van der Waals surface area contributed by atoms with E-state index in [0.717, 1.165) is 12.3 Å². The van der Waals surface area contributed by atoms with E-state index in [0.29, 0.717) is 35.2 Å². The molecule has 3 aromatic rings. The molecule has 1 aromatic carbocycles. The number of benzene rings is 1. The van der Waals surface area contributed by atoms with Gasteiger partial charge in [0.25, 0.3) is 11.5 Å². The second-order valence-corrected chi connectivity index (χ2v) is 9.48. The Morgan fingerprint density at radius 1 is 1.21 bits per heavy atom. The number of nitrogens with one attached hydrogen (secondary N) is 2. The normalized spacial score (nSPS) is 15.5. The first-order chi connectivity index (χ1) is 17.8. The van der Waals surface area contributed by atoms with E-state index >= 15 is 0 Å². The van der Waals surface area contributed by atoms with E-state index in [1.165, 1.54) is 30.5 Å². The third kappa shape index (κ3) is 5.86. The van der Waals surface area contributed by atoms with Crippen LogP contribution in [0.1, 0.15) is 22.3 Å². The van der Waals surface area contributed by atoms with Crippen LogP contribution in [-0.4, -0.2) is 51.7 Å². The van der Waals surface area contributed by atoms with Crippen LogP contribution in [0.2, 0.25) is 10.0 Å². The van der Waals surface area contributed by atoms with E-state index in [9.17, 15) is 27.9 Å². The number of hydrogen-bond acceptors (Lipinski definition) is 6. The van der Waals surface area contributed by atoms with Crippen molar-refractivity contribution in [2.45, 2.75) is 25.2 Å². The van der Waals surface area contributed by atoms with Crippen molar-refractivity contribution in [3.05, 3.63) is 74.3 Å². The van der Waals surface area contributed by atoms with Crippen molar-refractivity contribution in [1.82, 2.24) is 14.9 Å². The molecule has 3 heterocycles. The maximum Gasteiger partial charge on any atom is 0.406 e. The summed E-state index contributed by atoms with van der Waals surface area (Å²) in [5.74, 6) is -1.01. The van der Waals surface area contributed by atoms with Gasteiger partial charge in [-0.25, -0.2) is 4.98 Å². The molecular formula is C24H21Cl2F3N6O3. The summed E-state index contributed by atoms with van der Waals surface area (Å²) in [6.45, 7) is -0.668. The predicted octanol–water partition coefficient (Wildman–Crippen LogP) is 3.78. The Morgan fingerprint density at radius 2 is 1.92 bits per heavy atom. The molecule has 1 atom stereocenters. The molecule has 4 rings (SSSR count). The third-order valence-electron chi connectivity index (χ3n) is 5.96. The van der Waals surface area contributed by atoms with E-state index in [-0.39, 0.29) is 38.8 Å². The zero-order chi connectivity index (χ0) is 27.8. The van der Waals surface area contributed by atoms with Crippen molar-refractivity contribution in [2.24, 2.45) is 5.73 Å². The second-order valence-electron chi connectivity index (χ2n) is 8.67. The number of aromatic hydroxyl groups is 1. The highest BCUT2D eigenvalue weighted by molar-refractivity contribution is 6.34. The summed E-state index contributed by atoms with van der Waals surface area (Å²) in [5.41, 5.74) is 5.60. The Kier molecular flexibility index (Phi) is 7.56. The van der Waals surface area contributed by atoms with Crippen LogP contribution in [0.3, 0.4) is 0 Å². The maximum atomic E-state index is 12.9. The summed E-state index contributed by atoms with van der Waals surface area (Å²) >= 11 is 12.3. The van der Waals surface area contributed by atoms with Gasteiger partial charge in [-0.1, -0.05) is 29.3 Å². The third-order valence-corrected chi connectivity index (χ3v) is 6.56. The number of pyridine rings is 2. The zero-order valence-electron chi connectivity index (χ0n) is 19.5. The van der Waals surface area contributed by atoms with Crippen LogP contribution in [0.4, 0.5) is 19.0 Å². The molecule has 14 heteroatoms. The molecule has 1 aliphatic heterocycles. The molecule has 1 amide bonds. The molecule has 1 aliphatic rings. The Labute approximate surface area is 224 Å². The summed E-state index contributed by atoms with van der Waals surface area (Å²) < 4.78 is 38.9. The minimum absolute atomic E-state index is 0.0233. The number of carbonyl (C=O) groups excluding carboxylic acids is 1. The average Bonchev–Trinajstić information content (AvgIpc) is 3.27. The molecule has 1 fully saturated rings. The van der Waals surface area contributed by atoms with Gasteiger partial charge in [0.15, 0.2) is 11.6 Å². The predicted molar refractivity (Wildman–Crippen MR) is 137 cm³/mol. The van der Waals surface area contributed by atoms with Gasteiger partial charge in [0, 0.05) is 37.6 Å². The van der Waals surface area contributed by atoms with Crippen molar-refractivity contribution in [3.63, 3.8) is 0 Å². The minimum Gasteiger partial charge on any atom is -0.504 e. The standard InChI is InChI=1S/C24H21Cl2F3N6O3/c25-16-7-12(13-2-4-18(36)35(9-13)11-24(27,28)29)1-3-15(16)23(38)33-14-5-6-34(10-14)22-20(37)19(21(30)31)17(26)8-32-22/h1-4,7-9,14,37H,5-6,10-11H2,(H3,30,31)(H,33,38)/t14-/m1/s1.